The molecule has 0 radical (unpaired) electrons. The molecule has 188 valence electrons. The van der Waals surface area contributed by atoms with Crippen molar-refractivity contribution in [1.29, 1.82) is 0 Å². The van der Waals surface area contributed by atoms with E-state index in [0.29, 0.717) is 33.9 Å². The number of benzene rings is 2. The maximum Gasteiger partial charge on any atom is 0.337 e. The van der Waals surface area contributed by atoms with Gasteiger partial charge in [0.25, 0.3) is 5.92 Å². The van der Waals surface area contributed by atoms with Gasteiger partial charge in [-0.25, -0.2) is 23.5 Å². The summed E-state index contributed by atoms with van der Waals surface area (Å²) in [5, 5.41) is 9.10. The number of aliphatic hydroxyl groups is 1. The maximum absolute atomic E-state index is 13.5. The van der Waals surface area contributed by atoms with Gasteiger partial charge in [-0.1, -0.05) is 27.7 Å². The van der Waals surface area contributed by atoms with Crippen LogP contribution in [0.5, 0.6) is 0 Å². The highest BCUT2D eigenvalue weighted by Gasteiger charge is 2.30. The minimum Gasteiger partial charge on any atom is -0.465 e. The number of ether oxygens (including phenoxy) is 1. The Kier molecular flexibility index (Phi) is 7.59. The van der Waals surface area contributed by atoms with Crippen LogP contribution in [-0.4, -0.2) is 28.2 Å². The van der Waals surface area contributed by atoms with E-state index in [1.54, 1.807) is 18.2 Å². The first-order valence-electron chi connectivity index (χ1n) is 11.3. The molecular weight excluding hydrogens is 458 g/mol. The number of hydrogen-bond donors (Lipinski definition) is 1. The Bertz CT molecular complexity index is 1350. The van der Waals surface area contributed by atoms with Gasteiger partial charge in [-0.15, -0.1) is 0 Å². The Hall–Kier alpha value is -3.33. The SMILES string of the molecule is CC(C)c1nc2cc(CO)cc(C(C)(F)F)c2o1.COC(=O)c1cc(C)c2oc(C(C)C)nc2c1. The van der Waals surface area contributed by atoms with Crippen LogP contribution in [-0.2, 0) is 17.3 Å². The van der Waals surface area contributed by atoms with Crippen molar-refractivity contribution in [3.8, 4) is 0 Å². The molecule has 0 amide bonds. The average Bonchev–Trinajstić information content (AvgIpc) is 3.42. The van der Waals surface area contributed by atoms with Crippen molar-refractivity contribution in [3.05, 3.63) is 58.3 Å². The highest BCUT2D eigenvalue weighted by atomic mass is 19.3. The Morgan fingerprint density at radius 1 is 1.00 bits per heavy atom. The molecule has 4 rings (SSSR count). The molecule has 35 heavy (non-hydrogen) atoms. The van der Waals surface area contributed by atoms with E-state index in [2.05, 4.69) is 9.97 Å². The third-order valence-electron chi connectivity index (χ3n) is 5.32. The third-order valence-corrected chi connectivity index (χ3v) is 5.32. The summed E-state index contributed by atoms with van der Waals surface area (Å²) in [4.78, 5) is 20.0. The van der Waals surface area contributed by atoms with Crippen molar-refractivity contribution in [2.75, 3.05) is 7.11 Å². The van der Waals surface area contributed by atoms with Crippen LogP contribution in [0.25, 0.3) is 22.2 Å². The van der Waals surface area contributed by atoms with Crippen LogP contribution in [0.1, 0.15) is 85.3 Å². The van der Waals surface area contributed by atoms with Crippen LogP contribution in [0.3, 0.4) is 0 Å². The number of aryl methyl sites for hydroxylation is 1. The summed E-state index contributed by atoms with van der Waals surface area (Å²) in [6.45, 7) is 10.2. The number of oxazole rings is 2. The molecule has 2 aromatic heterocycles. The molecule has 0 fully saturated rings. The maximum atomic E-state index is 13.5. The molecule has 2 heterocycles. The Labute approximate surface area is 202 Å². The second-order valence-electron chi connectivity index (χ2n) is 9.08. The molecular formula is C26H30F2N2O5. The van der Waals surface area contributed by atoms with E-state index in [4.69, 9.17) is 18.7 Å². The lowest BCUT2D eigenvalue weighted by Gasteiger charge is -2.11. The summed E-state index contributed by atoms with van der Waals surface area (Å²) in [6, 6.07) is 6.28. The lowest BCUT2D eigenvalue weighted by Crippen LogP contribution is -2.08. The van der Waals surface area contributed by atoms with Crippen molar-refractivity contribution in [2.45, 2.75) is 65.9 Å². The molecule has 0 saturated carbocycles. The Morgan fingerprint density at radius 3 is 2.03 bits per heavy atom. The molecule has 0 aliphatic rings. The van der Waals surface area contributed by atoms with Gasteiger partial charge in [-0.3, -0.25) is 0 Å². The number of alkyl halides is 2. The standard InChI is InChI=1S/C13H15F2NO2.C13H15NO3/c1-7(2)12-16-10-5-8(6-17)4-9(11(10)18-12)13(3,14)15;1-7(2)12-14-10-6-9(13(15)16-4)5-8(3)11(10)17-12/h4-5,7,17H,6H2,1-3H3;5-7H,1-4H3. The average molecular weight is 489 g/mol. The lowest BCUT2D eigenvalue weighted by molar-refractivity contribution is 0.0179. The van der Waals surface area contributed by atoms with Gasteiger partial charge in [0.05, 0.1) is 24.8 Å². The quantitative estimate of drug-likeness (QED) is 0.316. The highest BCUT2D eigenvalue weighted by molar-refractivity contribution is 5.94. The monoisotopic (exact) mass is 488 g/mol. The number of nitrogens with zero attached hydrogens (tertiary/aromatic N) is 2. The second kappa shape index (κ2) is 10.1. The van der Waals surface area contributed by atoms with Crippen LogP contribution in [0.15, 0.2) is 33.1 Å². The van der Waals surface area contributed by atoms with Gasteiger partial charge in [0.2, 0.25) is 0 Å². The summed E-state index contributed by atoms with van der Waals surface area (Å²) >= 11 is 0. The van der Waals surface area contributed by atoms with Gasteiger partial charge in [0.15, 0.2) is 22.9 Å². The van der Waals surface area contributed by atoms with Gasteiger partial charge in [-0.2, -0.15) is 0 Å². The summed E-state index contributed by atoms with van der Waals surface area (Å²) in [5.41, 5.74) is 3.47. The summed E-state index contributed by atoms with van der Waals surface area (Å²) in [5.74, 6) is -2.03. The molecule has 0 spiro atoms. The van der Waals surface area contributed by atoms with Crippen molar-refractivity contribution >= 4 is 28.2 Å². The number of halogens is 2. The molecule has 0 bridgehead atoms. The smallest absolute Gasteiger partial charge is 0.337 e. The van der Waals surface area contributed by atoms with Crippen molar-refractivity contribution in [2.24, 2.45) is 0 Å². The van der Waals surface area contributed by atoms with E-state index in [1.807, 2.05) is 34.6 Å². The minimum atomic E-state index is -3.03. The Morgan fingerprint density at radius 2 is 1.54 bits per heavy atom. The first kappa shape index (κ1) is 26.3. The number of esters is 1. The van der Waals surface area contributed by atoms with Gasteiger partial charge in [-0.05, 0) is 42.3 Å². The number of aromatic nitrogens is 2. The number of hydrogen-bond acceptors (Lipinski definition) is 7. The number of carbonyl (C=O) groups is 1. The summed E-state index contributed by atoms with van der Waals surface area (Å²) < 4.78 is 42.9. The van der Waals surface area contributed by atoms with Crippen LogP contribution in [0.4, 0.5) is 8.78 Å². The van der Waals surface area contributed by atoms with Crippen LogP contribution in [0, 0.1) is 6.92 Å². The molecule has 9 heteroatoms. The number of fused-ring (bicyclic) bond motifs is 2. The molecule has 4 aromatic rings. The highest BCUT2D eigenvalue weighted by Crippen LogP contribution is 2.35. The van der Waals surface area contributed by atoms with E-state index < -0.39 is 5.92 Å². The fourth-order valence-corrected chi connectivity index (χ4v) is 3.47. The predicted octanol–water partition coefficient (Wildman–Crippen LogP) is 6.60. The van der Waals surface area contributed by atoms with Crippen LogP contribution in [0.2, 0.25) is 0 Å². The van der Waals surface area contributed by atoms with Crippen LogP contribution >= 0.6 is 0 Å². The fraction of sp³-hybridized carbons (Fsp3) is 0.423. The van der Waals surface area contributed by atoms with Crippen molar-refractivity contribution < 1.29 is 32.3 Å². The van der Waals surface area contributed by atoms with E-state index in [1.165, 1.54) is 13.2 Å². The van der Waals surface area contributed by atoms with Gasteiger partial charge in [0.1, 0.15) is 11.0 Å². The third kappa shape index (κ3) is 5.67. The van der Waals surface area contributed by atoms with Crippen LogP contribution < -0.4 is 0 Å². The predicted molar refractivity (Wildman–Crippen MR) is 128 cm³/mol. The van der Waals surface area contributed by atoms with Crippen molar-refractivity contribution in [3.63, 3.8) is 0 Å². The molecule has 1 N–H and O–H groups in total. The summed E-state index contributed by atoms with van der Waals surface area (Å²) in [6.07, 6.45) is 0. The second-order valence-corrected chi connectivity index (χ2v) is 9.08. The number of carbonyl (C=O) groups excluding carboxylic acids is 1. The number of rotatable bonds is 5. The van der Waals surface area contributed by atoms with E-state index in [-0.39, 0.29) is 35.6 Å². The molecule has 2 aromatic carbocycles. The normalized spacial score (nSPS) is 11.9. The van der Waals surface area contributed by atoms with Crippen molar-refractivity contribution in [1.82, 2.24) is 9.97 Å². The Balaban J connectivity index is 0.000000196. The molecule has 0 unspecified atom stereocenters. The first-order valence-corrected chi connectivity index (χ1v) is 11.3. The van der Waals surface area contributed by atoms with Gasteiger partial charge >= 0.3 is 5.97 Å². The molecule has 0 saturated heterocycles. The zero-order valence-corrected chi connectivity index (χ0v) is 20.9. The fourth-order valence-electron chi connectivity index (χ4n) is 3.47. The topological polar surface area (TPSA) is 98.6 Å². The molecule has 0 atom stereocenters. The molecule has 0 aliphatic heterocycles. The van der Waals surface area contributed by atoms with Gasteiger partial charge < -0.3 is 18.7 Å². The molecule has 7 nitrogen and oxygen atoms in total. The zero-order chi connectivity index (χ0) is 26.1. The van der Waals surface area contributed by atoms with E-state index >= 15 is 0 Å². The van der Waals surface area contributed by atoms with E-state index in [9.17, 15) is 13.6 Å². The molecule has 0 aliphatic carbocycles. The lowest BCUT2D eigenvalue weighted by atomic mass is 10.1. The first-order chi connectivity index (χ1) is 16.3. The number of aliphatic hydroxyl groups excluding tert-OH is 1. The van der Waals surface area contributed by atoms with Gasteiger partial charge in [0, 0.05) is 18.8 Å². The van der Waals surface area contributed by atoms with E-state index in [0.717, 1.165) is 18.1 Å². The summed E-state index contributed by atoms with van der Waals surface area (Å²) in [7, 11) is 1.37. The zero-order valence-electron chi connectivity index (χ0n) is 20.9. The largest absolute Gasteiger partial charge is 0.465 e. The minimum absolute atomic E-state index is 0.0216. The number of methoxy groups -OCH3 is 1.